The van der Waals surface area contributed by atoms with E-state index in [4.69, 9.17) is 0 Å². The molecule has 0 aliphatic heterocycles. The second-order valence-electron chi connectivity index (χ2n) is 4.62. The van der Waals surface area contributed by atoms with Crippen LogP contribution in [-0.2, 0) is 6.18 Å². The SMILES string of the molecule is Cc1cccc(C(O)c2ccc(F)c(C(F)(F)F)c2)c1F. The summed E-state index contributed by atoms with van der Waals surface area (Å²) in [7, 11) is 0. The van der Waals surface area contributed by atoms with Gasteiger partial charge in [0.1, 0.15) is 17.7 Å². The van der Waals surface area contributed by atoms with Crippen LogP contribution in [0.5, 0.6) is 0 Å². The number of benzene rings is 2. The number of aliphatic hydroxyl groups excluding tert-OH is 1. The van der Waals surface area contributed by atoms with E-state index in [9.17, 15) is 27.1 Å². The Morgan fingerprint density at radius 2 is 1.71 bits per heavy atom. The van der Waals surface area contributed by atoms with Crippen molar-refractivity contribution < 1.29 is 27.1 Å². The number of aryl methyl sites for hydroxylation is 1. The Balaban J connectivity index is 2.49. The van der Waals surface area contributed by atoms with Crippen LogP contribution < -0.4 is 0 Å². The number of alkyl halides is 3. The normalized spacial score (nSPS) is 13.3. The average Bonchev–Trinajstić information content (AvgIpc) is 2.40. The lowest BCUT2D eigenvalue weighted by Gasteiger charge is -2.16. The van der Waals surface area contributed by atoms with E-state index >= 15 is 0 Å². The molecule has 112 valence electrons. The quantitative estimate of drug-likeness (QED) is 0.817. The molecule has 6 heteroatoms. The summed E-state index contributed by atoms with van der Waals surface area (Å²) < 4.78 is 65.0. The molecule has 0 bridgehead atoms. The first-order chi connectivity index (χ1) is 9.71. The van der Waals surface area contributed by atoms with Gasteiger partial charge in [-0.25, -0.2) is 8.78 Å². The monoisotopic (exact) mass is 302 g/mol. The predicted octanol–water partition coefficient (Wildman–Crippen LogP) is 4.37. The fraction of sp³-hybridized carbons (Fsp3) is 0.200. The van der Waals surface area contributed by atoms with E-state index in [0.717, 1.165) is 6.07 Å². The number of halogens is 5. The summed E-state index contributed by atoms with van der Waals surface area (Å²) in [4.78, 5) is 0. The molecule has 0 spiro atoms. The highest BCUT2D eigenvalue weighted by Gasteiger charge is 2.34. The molecular weight excluding hydrogens is 291 g/mol. The van der Waals surface area contributed by atoms with E-state index in [2.05, 4.69) is 0 Å². The van der Waals surface area contributed by atoms with Gasteiger partial charge in [-0.15, -0.1) is 0 Å². The third-order valence-electron chi connectivity index (χ3n) is 3.13. The zero-order chi connectivity index (χ0) is 15.8. The highest BCUT2D eigenvalue weighted by Crippen LogP contribution is 2.34. The Morgan fingerprint density at radius 1 is 1.05 bits per heavy atom. The van der Waals surface area contributed by atoms with Gasteiger partial charge in [-0.3, -0.25) is 0 Å². The van der Waals surface area contributed by atoms with Gasteiger partial charge in [0, 0.05) is 5.56 Å². The van der Waals surface area contributed by atoms with Gasteiger partial charge in [0.2, 0.25) is 0 Å². The Bertz CT molecular complexity index is 664. The maximum atomic E-state index is 13.9. The third kappa shape index (κ3) is 3.05. The van der Waals surface area contributed by atoms with Crippen LogP contribution in [-0.4, -0.2) is 5.11 Å². The lowest BCUT2D eigenvalue weighted by Crippen LogP contribution is -2.11. The zero-order valence-electron chi connectivity index (χ0n) is 10.9. The standard InChI is InChI=1S/C15H11F5O/c1-8-3-2-4-10(13(8)17)14(21)9-5-6-12(16)11(7-9)15(18,19)20/h2-7,14,21H,1H3. The van der Waals surface area contributed by atoms with Crippen LogP contribution in [0.3, 0.4) is 0 Å². The van der Waals surface area contributed by atoms with Crippen molar-refractivity contribution in [2.24, 2.45) is 0 Å². The molecule has 0 saturated carbocycles. The van der Waals surface area contributed by atoms with Crippen LogP contribution in [0.25, 0.3) is 0 Å². The van der Waals surface area contributed by atoms with Gasteiger partial charge >= 0.3 is 6.18 Å². The van der Waals surface area contributed by atoms with Gasteiger partial charge in [0.05, 0.1) is 5.56 Å². The molecule has 0 aliphatic carbocycles. The molecule has 0 heterocycles. The summed E-state index contributed by atoms with van der Waals surface area (Å²) in [5, 5.41) is 10.0. The molecule has 0 saturated heterocycles. The summed E-state index contributed by atoms with van der Waals surface area (Å²) in [6.45, 7) is 1.47. The van der Waals surface area contributed by atoms with E-state index in [1.807, 2.05) is 0 Å². The minimum Gasteiger partial charge on any atom is -0.384 e. The molecular formula is C15H11F5O. The lowest BCUT2D eigenvalue weighted by molar-refractivity contribution is -0.140. The van der Waals surface area contributed by atoms with Gasteiger partial charge in [-0.05, 0) is 30.2 Å². The zero-order valence-corrected chi connectivity index (χ0v) is 10.9. The first kappa shape index (κ1) is 15.4. The first-order valence-corrected chi connectivity index (χ1v) is 6.01. The van der Waals surface area contributed by atoms with Crippen LogP contribution in [0.2, 0.25) is 0 Å². The molecule has 0 fully saturated rings. The van der Waals surface area contributed by atoms with Crippen molar-refractivity contribution in [3.63, 3.8) is 0 Å². The molecule has 2 aromatic rings. The number of rotatable bonds is 2. The van der Waals surface area contributed by atoms with Crippen molar-refractivity contribution in [3.8, 4) is 0 Å². The maximum absolute atomic E-state index is 13.9. The first-order valence-electron chi connectivity index (χ1n) is 6.01. The molecule has 0 aliphatic rings. The molecule has 2 rings (SSSR count). The van der Waals surface area contributed by atoms with Crippen LogP contribution >= 0.6 is 0 Å². The van der Waals surface area contributed by atoms with Gasteiger partial charge in [-0.2, -0.15) is 13.2 Å². The highest BCUT2D eigenvalue weighted by atomic mass is 19.4. The topological polar surface area (TPSA) is 20.2 Å². The molecule has 1 nitrogen and oxygen atoms in total. The Morgan fingerprint density at radius 3 is 2.33 bits per heavy atom. The van der Waals surface area contributed by atoms with Crippen LogP contribution in [0, 0.1) is 18.6 Å². The van der Waals surface area contributed by atoms with E-state index < -0.39 is 29.5 Å². The summed E-state index contributed by atoms with van der Waals surface area (Å²) in [5.74, 6) is -2.15. The second-order valence-corrected chi connectivity index (χ2v) is 4.62. The molecule has 2 aromatic carbocycles. The Hall–Kier alpha value is -1.95. The van der Waals surface area contributed by atoms with E-state index in [1.54, 1.807) is 0 Å². The minimum atomic E-state index is -4.88. The van der Waals surface area contributed by atoms with Crippen molar-refractivity contribution in [3.05, 3.63) is 70.3 Å². The van der Waals surface area contributed by atoms with Gasteiger partial charge in [0.15, 0.2) is 0 Å². The van der Waals surface area contributed by atoms with Gasteiger partial charge in [-0.1, -0.05) is 24.3 Å². The number of hydrogen-bond acceptors (Lipinski definition) is 1. The van der Waals surface area contributed by atoms with Crippen LogP contribution in [0.15, 0.2) is 36.4 Å². The van der Waals surface area contributed by atoms with E-state index in [0.29, 0.717) is 12.1 Å². The predicted molar refractivity (Wildman–Crippen MR) is 66.6 cm³/mol. The molecule has 0 aromatic heterocycles. The lowest BCUT2D eigenvalue weighted by atomic mass is 9.97. The van der Waals surface area contributed by atoms with Crippen LogP contribution in [0.4, 0.5) is 22.0 Å². The van der Waals surface area contributed by atoms with Crippen molar-refractivity contribution in [2.75, 3.05) is 0 Å². The van der Waals surface area contributed by atoms with Crippen molar-refractivity contribution in [1.29, 1.82) is 0 Å². The Kier molecular flexibility index (Phi) is 4.00. The molecule has 0 radical (unpaired) electrons. The van der Waals surface area contributed by atoms with Gasteiger partial charge in [0.25, 0.3) is 0 Å². The second kappa shape index (κ2) is 5.44. The summed E-state index contributed by atoms with van der Waals surface area (Å²) in [5.41, 5.74) is -1.63. The largest absolute Gasteiger partial charge is 0.419 e. The van der Waals surface area contributed by atoms with Gasteiger partial charge < -0.3 is 5.11 Å². The summed E-state index contributed by atoms with van der Waals surface area (Å²) in [6, 6.07) is 6.31. The fourth-order valence-electron chi connectivity index (χ4n) is 1.99. The van der Waals surface area contributed by atoms with Crippen molar-refractivity contribution in [2.45, 2.75) is 19.2 Å². The number of aliphatic hydroxyl groups is 1. The molecule has 1 unspecified atom stereocenters. The maximum Gasteiger partial charge on any atom is 0.419 e. The van der Waals surface area contributed by atoms with Crippen LogP contribution in [0.1, 0.15) is 28.4 Å². The molecule has 0 amide bonds. The fourth-order valence-corrected chi connectivity index (χ4v) is 1.99. The average molecular weight is 302 g/mol. The van der Waals surface area contributed by atoms with Crippen molar-refractivity contribution in [1.82, 2.24) is 0 Å². The van der Waals surface area contributed by atoms with Crippen molar-refractivity contribution >= 4 is 0 Å². The van der Waals surface area contributed by atoms with E-state index in [-0.39, 0.29) is 16.7 Å². The third-order valence-corrected chi connectivity index (χ3v) is 3.13. The minimum absolute atomic E-state index is 0.158. The number of hydrogen-bond donors (Lipinski definition) is 1. The smallest absolute Gasteiger partial charge is 0.384 e. The highest BCUT2D eigenvalue weighted by molar-refractivity contribution is 5.36. The summed E-state index contributed by atoms with van der Waals surface area (Å²) >= 11 is 0. The van der Waals surface area contributed by atoms with E-state index in [1.165, 1.54) is 25.1 Å². The summed E-state index contributed by atoms with van der Waals surface area (Å²) in [6.07, 6.45) is -6.49. The molecule has 21 heavy (non-hydrogen) atoms. The molecule has 1 N–H and O–H groups in total. The Labute approximate surface area is 117 Å². The molecule has 1 atom stereocenters.